The Bertz CT molecular complexity index is 323. The first-order chi connectivity index (χ1) is 6.16. The number of benzene rings is 1. The van der Waals surface area contributed by atoms with E-state index in [0.717, 1.165) is 0 Å². The van der Waals surface area contributed by atoms with Crippen molar-refractivity contribution in [1.82, 2.24) is 5.32 Å². The average molecular weight is 181 g/mol. The largest absolute Gasteiger partial charge is 0.507 e. The molecule has 0 aliphatic heterocycles. The number of rotatable bonds is 3. The van der Waals surface area contributed by atoms with Gasteiger partial charge in [-0.1, -0.05) is 12.1 Å². The molecule has 1 rings (SSSR count). The highest BCUT2D eigenvalue weighted by atomic mass is 16.4. The van der Waals surface area contributed by atoms with Gasteiger partial charge in [0.15, 0.2) is 0 Å². The van der Waals surface area contributed by atoms with Gasteiger partial charge in [-0.3, -0.25) is 0 Å². The number of hydrogen-bond acceptors (Lipinski definition) is 3. The topological polar surface area (TPSA) is 69.6 Å². The van der Waals surface area contributed by atoms with Crippen LogP contribution in [0.2, 0.25) is 0 Å². The second-order valence-corrected chi connectivity index (χ2v) is 2.65. The third-order valence-electron chi connectivity index (χ3n) is 1.72. The Balaban J connectivity index is 3.10. The van der Waals surface area contributed by atoms with Gasteiger partial charge in [-0.05, 0) is 13.1 Å². The van der Waals surface area contributed by atoms with E-state index in [4.69, 9.17) is 5.11 Å². The zero-order chi connectivity index (χ0) is 9.84. The van der Waals surface area contributed by atoms with Gasteiger partial charge in [0, 0.05) is 12.1 Å². The van der Waals surface area contributed by atoms with Crippen molar-refractivity contribution in [3.8, 4) is 5.75 Å². The first-order valence-corrected chi connectivity index (χ1v) is 3.85. The number of carbonyl (C=O) groups is 1. The minimum atomic E-state index is -1.12. The lowest BCUT2D eigenvalue weighted by Crippen LogP contribution is -2.07. The Morgan fingerprint density at radius 1 is 1.54 bits per heavy atom. The summed E-state index contributed by atoms with van der Waals surface area (Å²) in [6, 6.07) is 4.66. The molecular formula is C9H11NO3. The van der Waals surface area contributed by atoms with E-state index >= 15 is 0 Å². The smallest absolute Gasteiger partial charge is 0.339 e. The van der Waals surface area contributed by atoms with Gasteiger partial charge < -0.3 is 15.5 Å². The van der Waals surface area contributed by atoms with Gasteiger partial charge in [0.25, 0.3) is 0 Å². The third kappa shape index (κ3) is 1.97. The molecule has 0 saturated heterocycles. The molecule has 0 aliphatic carbocycles. The fourth-order valence-electron chi connectivity index (χ4n) is 1.10. The first-order valence-electron chi connectivity index (χ1n) is 3.85. The number of para-hydroxylation sites is 1. The van der Waals surface area contributed by atoms with E-state index in [9.17, 15) is 9.90 Å². The van der Waals surface area contributed by atoms with Crippen LogP contribution in [0.3, 0.4) is 0 Å². The van der Waals surface area contributed by atoms with E-state index < -0.39 is 5.97 Å². The zero-order valence-corrected chi connectivity index (χ0v) is 7.24. The molecule has 0 aliphatic rings. The number of phenols is 1. The molecule has 0 heterocycles. The first kappa shape index (κ1) is 9.54. The highest BCUT2D eigenvalue weighted by Crippen LogP contribution is 2.21. The maximum atomic E-state index is 10.6. The summed E-state index contributed by atoms with van der Waals surface area (Å²) in [5.74, 6) is -1.28. The zero-order valence-electron chi connectivity index (χ0n) is 7.24. The molecular weight excluding hydrogens is 170 g/mol. The normalized spacial score (nSPS) is 9.92. The van der Waals surface area contributed by atoms with E-state index in [1.165, 1.54) is 6.07 Å². The Morgan fingerprint density at radius 3 is 2.77 bits per heavy atom. The van der Waals surface area contributed by atoms with Crippen LogP contribution in [0, 0.1) is 0 Å². The summed E-state index contributed by atoms with van der Waals surface area (Å²) in [6.07, 6.45) is 0. The summed E-state index contributed by atoms with van der Waals surface area (Å²) in [6.45, 7) is 0.451. The lowest BCUT2D eigenvalue weighted by molar-refractivity contribution is 0.0693. The molecule has 70 valence electrons. The van der Waals surface area contributed by atoms with Crippen LogP contribution >= 0.6 is 0 Å². The summed E-state index contributed by atoms with van der Waals surface area (Å²) in [7, 11) is 1.73. The van der Waals surface area contributed by atoms with Crippen molar-refractivity contribution in [2.45, 2.75) is 6.54 Å². The predicted octanol–water partition coefficient (Wildman–Crippen LogP) is 0.810. The second-order valence-electron chi connectivity index (χ2n) is 2.65. The summed E-state index contributed by atoms with van der Waals surface area (Å²) < 4.78 is 0. The molecule has 1 aromatic carbocycles. The third-order valence-corrected chi connectivity index (χ3v) is 1.72. The Hall–Kier alpha value is -1.55. The van der Waals surface area contributed by atoms with Gasteiger partial charge in [0.05, 0.1) is 0 Å². The van der Waals surface area contributed by atoms with Crippen LogP contribution < -0.4 is 5.32 Å². The van der Waals surface area contributed by atoms with Crippen molar-refractivity contribution in [3.05, 3.63) is 29.3 Å². The van der Waals surface area contributed by atoms with Crippen molar-refractivity contribution >= 4 is 5.97 Å². The highest BCUT2D eigenvalue weighted by molar-refractivity contribution is 5.91. The SMILES string of the molecule is CNCc1cccc(C(=O)O)c1O. The van der Waals surface area contributed by atoms with Crippen LogP contribution in [0.4, 0.5) is 0 Å². The van der Waals surface area contributed by atoms with Crippen molar-refractivity contribution in [2.24, 2.45) is 0 Å². The predicted molar refractivity (Wildman–Crippen MR) is 47.8 cm³/mol. The fourth-order valence-corrected chi connectivity index (χ4v) is 1.10. The second kappa shape index (κ2) is 3.91. The lowest BCUT2D eigenvalue weighted by atomic mass is 10.1. The number of carboxylic acid groups (broad SMARTS) is 1. The maximum absolute atomic E-state index is 10.6. The van der Waals surface area contributed by atoms with E-state index in [1.54, 1.807) is 19.2 Å². The molecule has 0 saturated carbocycles. The minimum absolute atomic E-state index is 0.0623. The number of nitrogens with one attached hydrogen (secondary N) is 1. The molecule has 1 aromatic rings. The molecule has 4 nitrogen and oxygen atoms in total. The maximum Gasteiger partial charge on any atom is 0.339 e. The monoisotopic (exact) mass is 181 g/mol. The summed E-state index contributed by atoms with van der Waals surface area (Å²) >= 11 is 0. The molecule has 0 atom stereocenters. The molecule has 0 amide bonds. The number of hydrogen-bond donors (Lipinski definition) is 3. The standard InChI is InChI=1S/C9H11NO3/c1-10-5-6-3-2-4-7(8(6)11)9(12)13/h2-4,10-11H,5H2,1H3,(H,12,13). The number of aromatic carboxylic acids is 1. The van der Waals surface area contributed by atoms with Gasteiger partial charge in [-0.15, -0.1) is 0 Å². The van der Waals surface area contributed by atoms with Crippen molar-refractivity contribution in [1.29, 1.82) is 0 Å². The van der Waals surface area contributed by atoms with Gasteiger partial charge in [0.2, 0.25) is 0 Å². The molecule has 3 N–H and O–H groups in total. The Kier molecular flexibility index (Phi) is 2.87. The molecule has 13 heavy (non-hydrogen) atoms. The van der Waals surface area contributed by atoms with Gasteiger partial charge >= 0.3 is 5.97 Å². The highest BCUT2D eigenvalue weighted by Gasteiger charge is 2.11. The van der Waals surface area contributed by atoms with Gasteiger partial charge in [-0.25, -0.2) is 4.79 Å². The van der Waals surface area contributed by atoms with E-state index in [0.29, 0.717) is 12.1 Å². The molecule has 0 bridgehead atoms. The Morgan fingerprint density at radius 2 is 2.23 bits per heavy atom. The summed E-state index contributed by atoms with van der Waals surface area (Å²) in [4.78, 5) is 10.6. The van der Waals surface area contributed by atoms with Gasteiger partial charge in [0.1, 0.15) is 11.3 Å². The van der Waals surface area contributed by atoms with Gasteiger partial charge in [-0.2, -0.15) is 0 Å². The Labute approximate surface area is 75.8 Å². The molecule has 4 heteroatoms. The van der Waals surface area contributed by atoms with Crippen molar-refractivity contribution < 1.29 is 15.0 Å². The van der Waals surface area contributed by atoms with Crippen LogP contribution in [0.25, 0.3) is 0 Å². The van der Waals surface area contributed by atoms with Crippen LogP contribution in [0.5, 0.6) is 5.75 Å². The molecule has 0 spiro atoms. The van der Waals surface area contributed by atoms with Crippen molar-refractivity contribution in [3.63, 3.8) is 0 Å². The molecule has 0 unspecified atom stereocenters. The summed E-state index contributed by atoms with van der Waals surface area (Å²) in [5, 5.41) is 21.0. The average Bonchev–Trinajstić information content (AvgIpc) is 2.08. The molecule has 0 radical (unpaired) electrons. The lowest BCUT2D eigenvalue weighted by Gasteiger charge is -2.05. The summed E-state index contributed by atoms with van der Waals surface area (Å²) in [5.41, 5.74) is 0.523. The number of aromatic hydroxyl groups is 1. The minimum Gasteiger partial charge on any atom is -0.507 e. The van der Waals surface area contributed by atoms with Crippen LogP contribution in [0.15, 0.2) is 18.2 Å². The molecule has 0 aromatic heterocycles. The van der Waals surface area contributed by atoms with E-state index in [2.05, 4.69) is 5.32 Å². The molecule has 0 fully saturated rings. The quantitative estimate of drug-likeness (QED) is 0.645. The fraction of sp³-hybridized carbons (Fsp3) is 0.222. The van der Waals surface area contributed by atoms with Crippen LogP contribution in [0.1, 0.15) is 15.9 Å². The van der Waals surface area contributed by atoms with Crippen LogP contribution in [-0.4, -0.2) is 23.2 Å². The van der Waals surface area contributed by atoms with Crippen LogP contribution in [-0.2, 0) is 6.54 Å². The van der Waals surface area contributed by atoms with E-state index in [-0.39, 0.29) is 11.3 Å². The van der Waals surface area contributed by atoms with E-state index in [1.807, 2.05) is 0 Å². The number of carboxylic acids is 1. The van der Waals surface area contributed by atoms with Crippen molar-refractivity contribution in [2.75, 3.05) is 7.05 Å².